The third-order valence-corrected chi connectivity index (χ3v) is 5.98. The number of hydrogen-bond acceptors (Lipinski definition) is 3. The summed E-state index contributed by atoms with van der Waals surface area (Å²) in [6, 6.07) is 10.4. The van der Waals surface area contributed by atoms with Gasteiger partial charge in [0.25, 0.3) is 0 Å². The Hall–Kier alpha value is -2.02. The van der Waals surface area contributed by atoms with Gasteiger partial charge in [0.2, 0.25) is 10.0 Å². The summed E-state index contributed by atoms with van der Waals surface area (Å²) in [4.78, 5) is 3.40. The number of nitrogens with one attached hydrogen (secondary N) is 2. The molecule has 0 unspecified atom stereocenters. The number of H-pyrrole nitrogens is 1. The van der Waals surface area contributed by atoms with Crippen LogP contribution in [0.25, 0.3) is 10.9 Å². The zero-order chi connectivity index (χ0) is 18.0. The highest BCUT2D eigenvalue weighted by molar-refractivity contribution is 7.89. The molecule has 0 amide bonds. The maximum Gasteiger partial charge on any atom is 0.240 e. The number of hydrogen-bond donors (Lipinski definition) is 2. The van der Waals surface area contributed by atoms with Gasteiger partial charge in [0, 0.05) is 28.7 Å². The van der Waals surface area contributed by atoms with E-state index in [1.54, 1.807) is 26.2 Å². The Kier molecular flexibility index (Phi) is 5.03. The van der Waals surface area contributed by atoms with Gasteiger partial charge >= 0.3 is 0 Å². The first-order valence-corrected chi connectivity index (χ1v) is 9.66. The fourth-order valence-corrected chi connectivity index (χ4v) is 3.91. The lowest BCUT2D eigenvalue weighted by Gasteiger charge is -2.08. The number of fused-ring (bicyclic) bond motifs is 1. The van der Waals surface area contributed by atoms with E-state index in [0.717, 1.165) is 27.8 Å². The highest BCUT2D eigenvalue weighted by Crippen LogP contribution is 2.24. The van der Waals surface area contributed by atoms with Crippen LogP contribution in [0.15, 0.2) is 47.5 Å². The molecule has 0 atom stereocenters. The van der Waals surface area contributed by atoms with Crippen molar-refractivity contribution < 1.29 is 13.2 Å². The third kappa shape index (κ3) is 3.81. The minimum atomic E-state index is -3.56. The van der Waals surface area contributed by atoms with E-state index < -0.39 is 10.0 Å². The van der Waals surface area contributed by atoms with Gasteiger partial charge in [-0.15, -0.1) is 0 Å². The molecule has 7 heteroatoms. The van der Waals surface area contributed by atoms with Crippen LogP contribution in [0.2, 0.25) is 5.02 Å². The SMILES string of the molecule is COc1ccc2[nH]cc(CCNS(=O)(=O)c3ccc(Cl)c(C)c3)c2c1. The summed E-state index contributed by atoms with van der Waals surface area (Å²) in [7, 11) is -1.94. The zero-order valence-corrected chi connectivity index (χ0v) is 15.5. The molecule has 5 nitrogen and oxygen atoms in total. The molecule has 0 aliphatic rings. The second kappa shape index (κ2) is 7.07. The van der Waals surface area contributed by atoms with Crippen LogP contribution in [0.5, 0.6) is 5.75 Å². The third-order valence-electron chi connectivity index (χ3n) is 4.10. The Morgan fingerprint density at radius 1 is 1.20 bits per heavy atom. The number of aromatic nitrogens is 1. The number of aryl methyl sites for hydroxylation is 1. The summed E-state index contributed by atoms with van der Waals surface area (Å²) in [6.07, 6.45) is 2.46. The minimum Gasteiger partial charge on any atom is -0.497 e. The van der Waals surface area contributed by atoms with Gasteiger partial charge in [0.05, 0.1) is 12.0 Å². The van der Waals surface area contributed by atoms with Gasteiger partial charge in [-0.1, -0.05) is 11.6 Å². The van der Waals surface area contributed by atoms with E-state index in [-0.39, 0.29) is 4.90 Å². The van der Waals surface area contributed by atoms with E-state index in [9.17, 15) is 8.42 Å². The molecular formula is C18H19ClN2O3S. The van der Waals surface area contributed by atoms with Crippen molar-refractivity contribution in [2.45, 2.75) is 18.2 Å². The van der Waals surface area contributed by atoms with Gasteiger partial charge in [0.1, 0.15) is 5.75 Å². The lowest BCUT2D eigenvalue weighted by molar-refractivity contribution is 0.415. The Labute approximate surface area is 152 Å². The molecule has 0 saturated heterocycles. The van der Waals surface area contributed by atoms with Gasteiger partial charge in [-0.2, -0.15) is 0 Å². The fourth-order valence-electron chi connectivity index (χ4n) is 2.68. The van der Waals surface area contributed by atoms with E-state index >= 15 is 0 Å². The van der Waals surface area contributed by atoms with Crippen LogP contribution in [-0.2, 0) is 16.4 Å². The molecule has 3 aromatic rings. The molecule has 0 aliphatic heterocycles. The van der Waals surface area contributed by atoms with Crippen LogP contribution in [0.4, 0.5) is 0 Å². The second-order valence-electron chi connectivity index (χ2n) is 5.78. The van der Waals surface area contributed by atoms with Gasteiger partial charge in [-0.25, -0.2) is 13.1 Å². The molecule has 0 bridgehead atoms. The minimum absolute atomic E-state index is 0.218. The van der Waals surface area contributed by atoms with Crippen molar-refractivity contribution >= 4 is 32.5 Å². The lowest BCUT2D eigenvalue weighted by Crippen LogP contribution is -2.26. The van der Waals surface area contributed by atoms with Crippen LogP contribution in [0, 0.1) is 6.92 Å². The van der Waals surface area contributed by atoms with Crippen molar-refractivity contribution in [1.82, 2.24) is 9.71 Å². The van der Waals surface area contributed by atoms with E-state index in [1.165, 1.54) is 6.07 Å². The first-order chi connectivity index (χ1) is 11.9. The number of rotatable bonds is 6. The average Bonchev–Trinajstić information content (AvgIpc) is 2.99. The molecule has 0 spiro atoms. The molecule has 25 heavy (non-hydrogen) atoms. The summed E-state index contributed by atoms with van der Waals surface area (Å²) in [5, 5.41) is 1.58. The highest BCUT2D eigenvalue weighted by Gasteiger charge is 2.15. The van der Waals surface area contributed by atoms with Crippen LogP contribution in [0.3, 0.4) is 0 Å². The van der Waals surface area contributed by atoms with Crippen LogP contribution < -0.4 is 9.46 Å². The van der Waals surface area contributed by atoms with Crippen molar-refractivity contribution in [3.8, 4) is 5.75 Å². The molecule has 1 heterocycles. The van der Waals surface area contributed by atoms with Crippen molar-refractivity contribution in [2.75, 3.05) is 13.7 Å². The molecule has 2 aromatic carbocycles. The van der Waals surface area contributed by atoms with Gasteiger partial charge in [-0.05, 0) is 60.9 Å². The molecular weight excluding hydrogens is 360 g/mol. The number of methoxy groups -OCH3 is 1. The molecule has 1 aromatic heterocycles. The maximum absolute atomic E-state index is 12.4. The Bertz CT molecular complexity index is 1010. The van der Waals surface area contributed by atoms with Gasteiger partial charge < -0.3 is 9.72 Å². The van der Waals surface area contributed by atoms with E-state index in [0.29, 0.717) is 18.0 Å². The van der Waals surface area contributed by atoms with E-state index in [4.69, 9.17) is 16.3 Å². The summed E-state index contributed by atoms with van der Waals surface area (Å²) < 4.78 is 32.7. The topological polar surface area (TPSA) is 71.2 Å². The van der Waals surface area contributed by atoms with Gasteiger partial charge in [-0.3, -0.25) is 0 Å². The average molecular weight is 379 g/mol. The molecule has 0 fully saturated rings. The number of halogens is 1. The smallest absolute Gasteiger partial charge is 0.240 e. The van der Waals surface area contributed by atoms with E-state index in [2.05, 4.69) is 9.71 Å². The molecule has 2 N–H and O–H groups in total. The van der Waals surface area contributed by atoms with Crippen molar-refractivity contribution in [1.29, 1.82) is 0 Å². The van der Waals surface area contributed by atoms with Crippen molar-refractivity contribution in [3.63, 3.8) is 0 Å². The first kappa shape index (κ1) is 17.8. The number of benzene rings is 2. The maximum atomic E-state index is 12.4. The first-order valence-electron chi connectivity index (χ1n) is 7.80. The van der Waals surface area contributed by atoms with Crippen LogP contribution >= 0.6 is 11.6 Å². The second-order valence-corrected chi connectivity index (χ2v) is 7.96. The monoisotopic (exact) mass is 378 g/mol. The number of sulfonamides is 1. The molecule has 132 valence electrons. The summed E-state index contributed by atoms with van der Waals surface area (Å²) in [5.41, 5.74) is 2.75. The summed E-state index contributed by atoms with van der Waals surface area (Å²) in [5.74, 6) is 0.769. The van der Waals surface area contributed by atoms with Crippen LogP contribution in [-0.4, -0.2) is 27.1 Å². The van der Waals surface area contributed by atoms with Crippen LogP contribution in [0.1, 0.15) is 11.1 Å². The summed E-state index contributed by atoms with van der Waals surface area (Å²) >= 11 is 5.95. The number of ether oxygens (including phenoxy) is 1. The Balaban J connectivity index is 1.73. The standard InChI is InChI=1S/C18H19ClN2O3S/c1-12-9-15(4-5-17(12)19)25(22,23)21-8-7-13-11-20-18-6-3-14(24-2)10-16(13)18/h3-6,9-11,20-21H,7-8H2,1-2H3. The predicted molar refractivity (Wildman–Crippen MR) is 99.9 cm³/mol. The normalized spacial score (nSPS) is 11.8. The zero-order valence-electron chi connectivity index (χ0n) is 14.0. The fraction of sp³-hybridized carbons (Fsp3) is 0.222. The van der Waals surface area contributed by atoms with Crippen molar-refractivity contribution in [3.05, 3.63) is 58.7 Å². The molecule has 0 radical (unpaired) electrons. The Morgan fingerprint density at radius 3 is 2.72 bits per heavy atom. The quantitative estimate of drug-likeness (QED) is 0.687. The predicted octanol–water partition coefficient (Wildman–Crippen LogP) is 3.66. The largest absolute Gasteiger partial charge is 0.497 e. The van der Waals surface area contributed by atoms with Gasteiger partial charge in [0.15, 0.2) is 0 Å². The highest BCUT2D eigenvalue weighted by atomic mass is 35.5. The molecule has 0 aliphatic carbocycles. The molecule has 3 rings (SSSR count). The van der Waals surface area contributed by atoms with Crippen molar-refractivity contribution in [2.24, 2.45) is 0 Å². The number of aromatic amines is 1. The molecule has 0 saturated carbocycles. The Morgan fingerprint density at radius 2 is 2.00 bits per heavy atom. The lowest BCUT2D eigenvalue weighted by atomic mass is 10.1. The summed E-state index contributed by atoms with van der Waals surface area (Å²) in [6.45, 7) is 2.08. The van der Waals surface area contributed by atoms with E-state index in [1.807, 2.05) is 24.4 Å².